The summed E-state index contributed by atoms with van der Waals surface area (Å²) in [5.41, 5.74) is 2.83. The summed E-state index contributed by atoms with van der Waals surface area (Å²) in [7, 11) is 1.97. The maximum atomic E-state index is 12.3. The van der Waals surface area contributed by atoms with Gasteiger partial charge in [0.15, 0.2) is 0 Å². The first-order chi connectivity index (χ1) is 16.3. The number of hydrogen-bond donors (Lipinski definition) is 2. The van der Waals surface area contributed by atoms with Crippen LogP contribution in [0.1, 0.15) is 70.1 Å². The number of carbonyl (C=O) groups excluding carboxylic acids is 1. The Bertz CT molecular complexity index is 1250. The average Bonchev–Trinajstić information content (AvgIpc) is 3.51. The second-order valence-corrected chi connectivity index (χ2v) is 11.1. The van der Waals surface area contributed by atoms with Crippen molar-refractivity contribution in [2.75, 3.05) is 23.8 Å². The Balaban J connectivity index is 1.70. The zero-order valence-electron chi connectivity index (χ0n) is 21.6. The van der Waals surface area contributed by atoms with Crippen molar-refractivity contribution in [2.24, 2.45) is 0 Å². The Morgan fingerprint density at radius 2 is 1.89 bits per heavy atom. The molecule has 4 rings (SSSR count). The fraction of sp³-hybridized carbons (Fsp3) is 0.481. The summed E-state index contributed by atoms with van der Waals surface area (Å²) in [4.78, 5) is 28.4. The summed E-state index contributed by atoms with van der Waals surface area (Å²) in [5, 5.41) is 14.2. The van der Waals surface area contributed by atoms with Gasteiger partial charge >= 0.3 is 6.09 Å². The summed E-state index contributed by atoms with van der Waals surface area (Å²) < 4.78 is 5.39. The number of anilines is 2. The number of aliphatic hydroxyl groups is 1. The highest BCUT2D eigenvalue weighted by atomic mass is 16.6. The quantitative estimate of drug-likeness (QED) is 0.506. The molecule has 1 aliphatic rings. The van der Waals surface area contributed by atoms with Crippen molar-refractivity contribution in [1.82, 2.24) is 15.0 Å². The molecule has 1 fully saturated rings. The molecule has 0 spiro atoms. The van der Waals surface area contributed by atoms with Gasteiger partial charge in [-0.05, 0) is 78.3 Å². The lowest BCUT2D eigenvalue weighted by molar-refractivity contribution is 0.0635. The van der Waals surface area contributed by atoms with Crippen LogP contribution < -0.4 is 10.2 Å². The number of benzene rings is 1. The molecular formula is C27H35N5O3. The van der Waals surface area contributed by atoms with Crippen molar-refractivity contribution < 1.29 is 14.6 Å². The minimum Gasteiger partial charge on any atom is -0.444 e. The molecule has 0 bridgehead atoms. The predicted octanol–water partition coefficient (Wildman–Crippen LogP) is 5.16. The number of rotatable bonds is 6. The number of fused-ring (bicyclic) bond motifs is 1. The highest BCUT2D eigenvalue weighted by molar-refractivity contribution is 5.96. The third-order valence-electron chi connectivity index (χ3n) is 5.80. The molecular weight excluding hydrogens is 442 g/mol. The monoisotopic (exact) mass is 477 g/mol. The van der Waals surface area contributed by atoms with Crippen LogP contribution in [-0.2, 0) is 4.74 Å². The maximum Gasteiger partial charge on any atom is 0.412 e. The zero-order chi connectivity index (χ0) is 25.5. The molecule has 1 amide bonds. The Hall–Kier alpha value is -3.26. The second-order valence-electron chi connectivity index (χ2n) is 11.1. The number of likely N-dealkylation sites (N-methyl/N-ethyl adjacent to an activating group) is 1. The molecule has 186 valence electrons. The largest absolute Gasteiger partial charge is 0.444 e. The summed E-state index contributed by atoms with van der Waals surface area (Å²) in [5.74, 6) is 1.30. The van der Waals surface area contributed by atoms with E-state index in [2.05, 4.69) is 26.3 Å². The molecule has 1 aliphatic carbocycles. The van der Waals surface area contributed by atoms with Crippen LogP contribution in [-0.4, -0.2) is 50.9 Å². The van der Waals surface area contributed by atoms with Crippen LogP contribution in [0.25, 0.3) is 10.9 Å². The molecule has 3 aromatic rings. The van der Waals surface area contributed by atoms with Crippen LogP contribution in [0.15, 0.2) is 36.5 Å². The molecule has 2 heterocycles. The van der Waals surface area contributed by atoms with E-state index in [4.69, 9.17) is 9.72 Å². The van der Waals surface area contributed by atoms with Crippen molar-refractivity contribution in [2.45, 2.75) is 71.0 Å². The number of nitrogens with one attached hydrogen (secondary N) is 1. The van der Waals surface area contributed by atoms with Gasteiger partial charge in [0.2, 0.25) is 0 Å². The van der Waals surface area contributed by atoms with E-state index < -0.39 is 17.3 Å². The average molecular weight is 478 g/mol. The highest BCUT2D eigenvalue weighted by Crippen LogP contribution is 2.53. The van der Waals surface area contributed by atoms with E-state index >= 15 is 0 Å². The number of ether oxygens (including phenoxy) is 1. The first-order valence-corrected chi connectivity index (χ1v) is 12.0. The number of carbonyl (C=O) groups is 1. The number of aryl methyl sites for hydroxylation is 1. The number of amides is 1. The second kappa shape index (κ2) is 9.07. The van der Waals surface area contributed by atoms with Gasteiger partial charge in [0.05, 0.1) is 11.1 Å². The van der Waals surface area contributed by atoms with Crippen molar-refractivity contribution in [1.29, 1.82) is 0 Å². The normalized spacial score (nSPS) is 17.8. The van der Waals surface area contributed by atoms with E-state index in [-0.39, 0.29) is 11.8 Å². The van der Waals surface area contributed by atoms with Crippen LogP contribution in [0.2, 0.25) is 0 Å². The van der Waals surface area contributed by atoms with Crippen LogP contribution in [0.5, 0.6) is 0 Å². The molecule has 2 N–H and O–H groups in total. The van der Waals surface area contributed by atoms with Crippen LogP contribution in [0, 0.1) is 6.92 Å². The smallest absolute Gasteiger partial charge is 0.412 e. The molecule has 0 saturated heterocycles. The molecule has 8 heteroatoms. The van der Waals surface area contributed by atoms with E-state index in [9.17, 15) is 9.90 Å². The van der Waals surface area contributed by atoms with E-state index in [0.29, 0.717) is 12.2 Å². The highest BCUT2D eigenvalue weighted by Gasteiger charge is 2.43. The summed E-state index contributed by atoms with van der Waals surface area (Å²) in [6.45, 7) is 11.5. The standard InChI is InChI=1S/C27H35N5O3/c1-16-10-11-28-24(29-16)20-13-19(20)22-14-23(32(7)15-27(5,6)34)18-9-8-17(12-21(18)31-22)30-25(33)35-26(2,3)4/h8-12,14,19-20,34H,13,15H2,1-7H3,(H,30,33)/t19-,20-/m0/s1. The van der Waals surface area contributed by atoms with Gasteiger partial charge in [-0.25, -0.2) is 14.8 Å². The van der Waals surface area contributed by atoms with E-state index in [1.165, 1.54) is 0 Å². The molecule has 2 aromatic heterocycles. The topological polar surface area (TPSA) is 100 Å². The molecule has 2 atom stereocenters. The molecule has 0 radical (unpaired) electrons. The van der Waals surface area contributed by atoms with Crippen molar-refractivity contribution in [3.8, 4) is 0 Å². The van der Waals surface area contributed by atoms with Crippen LogP contribution in [0.3, 0.4) is 0 Å². The molecule has 35 heavy (non-hydrogen) atoms. The SMILES string of the molecule is Cc1ccnc([C@H]2C[C@@H]2c2cc(N(C)CC(C)(C)O)c3ccc(NC(=O)OC(C)(C)C)cc3n2)n1. The van der Waals surface area contributed by atoms with Gasteiger partial charge < -0.3 is 14.7 Å². The Morgan fingerprint density at radius 1 is 1.14 bits per heavy atom. The Morgan fingerprint density at radius 3 is 2.54 bits per heavy atom. The zero-order valence-corrected chi connectivity index (χ0v) is 21.6. The number of pyridine rings is 1. The molecule has 0 aliphatic heterocycles. The molecule has 1 saturated carbocycles. The first-order valence-electron chi connectivity index (χ1n) is 12.0. The van der Waals surface area contributed by atoms with Gasteiger partial charge in [0, 0.05) is 59.8 Å². The Kier molecular flexibility index (Phi) is 6.44. The van der Waals surface area contributed by atoms with Gasteiger partial charge in [-0.3, -0.25) is 10.3 Å². The van der Waals surface area contributed by atoms with Gasteiger partial charge in [0.1, 0.15) is 11.4 Å². The first kappa shape index (κ1) is 24.9. The van der Waals surface area contributed by atoms with Crippen LogP contribution in [0.4, 0.5) is 16.2 Å². The Labute approximate surface area is 206 Å². The van der Waals surface area contributed by atoms with E-state index in [1.807, 2.05) is 59.0 Å². The third kappa shape index (κ3) is 6.25. The minimum atomic E-state index is -0.861. The minimum absolute atomic E-state index is 0.220. The lowest BCUT2D eigenvalue weighted by Gasteiger charge is -2.28. The molecule has 1 aromatic carbocycles. The van der Waals surface area contributed by atoms with E-state index in [1.54, 1.807) is 20.0 Å². The summed E-state index contributed by atoms with van der Waals surface area (Å²) in [6.07, 6.45) is 2.23. The van der Waals surface area contributed by atoms with E-state index in [0.717, 1.165) is 40.2 Å². The summed E-state index contributed by atoms with van der Waals surface area (Å²) in [6, 6.07) is 9.66. The number of aromatic nitrogens is 3. The summed E-state index contributed by atoms with van der Waals surface area (Å²) >= 11 is 0. The lowest BCUT2D eigenvalue weighted by atomic mass is 10.1. The van der Waals surface area contributed by atoms with Gasteiger partial charge in [-0.1, -0.05) is 0 Å². The molecule has 0 unspecified atom stereocenters. The predicted molar refractivity (Wildman–Crippen MR) is 138 cm³/mol. The van der Waals surface area contributed by atoms with Gasteiger partial charge in [-0.15, -0.1) is 0 Å². The van der Waals surface area contributed by atoms with Crippen molar-refractivity contribution in [3.63, 3.8) is 0 Å². The maximum absolute atomic E-state index is 12.3. The fourth-order valence-corrected chi connectivity index (χ4v) is 4.35. The fourth-order valence-electron chi connectivity index (χ4n) is 4.35. The van der Waals surface area contributed by atoms with Crippen molar-refractivity contribution in [3.05, 3.63) is 53.7 Å². The number of nitrogens with zero attached hydrogens (tertiary/aromatic N) is 4. The number of hydrogen-bond acceptors (Lipinski definition) is 7. The third-order valence-corrected chi connectivity index (χ3v) is 5.80. The molecule has 8 nitrogen and oxygen atoms in total. The van der Waals surface area contributed by atoms with Gasteiger partial charge in [-0.2, -0.15) is 0 Å². The lowest BCUT2D eigenvalue weighted by Crippen LogP contribution is -2.36. The van der Waals surface area contributed by atoms with Crippen molar-refractivity contribution >= 4 is 28.4 Å². The van der Waals surface area contributed by atoms with Gasteiger partial charge in [0.25, 0.3) is 0 Å². The van der Waals surface area contributed by atoms with Crippen LogP contribution >= 0.6 is 0 Å².